The number of fused-ring (bicyclic) bond motifs is 1. The highest BCUT2D eigenvalue weighted by molar-refractivity contribution is 8.00. The van der Waals surface area contributed by atoms with Crippen molar-refractivity contribution in [2.75, 3.05) is 31.7 Å². The zero-order chi connectivity index (χ0) is 26.8. The fourth-order valence-corrected chi connectivity index (χ4v) is 6.70. The van der Waals surface area contributed by atoms with Crippen molar-refractivity contribution in [2.24, 2.45) is 5.16 Å². The molecule has 3 aliphatic heterocycles. The number of thiazole rings is 1. The summed E-state index contributed by atoms with van der Waals surface area (Å²) in [6, 6.07) is 3.14. The molecule has 0 saturated carbocycles. The molecule has 0 bridgehead atoms. The molecule has 0 unspecified atom stereocenters. The molecule has 2 fully saturated rings. The van der Waals surface area contributed by atoms with Gasteiger partial charge < -0.3 is 25.8 Å². The first-order valence-electron chi connectivity index (χ1n) is 12.1. The van der Waals surface area contributed by atoms with E-state index in [2.05, 4.69) is 20.4 Å². The van der Waals surface area contributed by atoms with Gasteiger partial charge in [0.15, 0.2) is 29.8 Å². The number of carboxylic acids is 1. The number of nitrogens with zero attached hydrogens (tertiary/aromatic N) is 5. The number of aromatic nitrogens is 2. The van der Waals surface area contributed by atoms with Crippen LogP contribution in [0.4, 0.5) is 5.13 Å². The first kappa shape index (κ1) is 26.1. The van der Waals surface area contributed by atoms with Crippen molar-refractivity contribution in [1.29, 1.82) is 0 Å². The van der Waals surface area contributed by atoms with Crippen LogP contribution in [0.15, 0.2) is 46.3 Å². The van der Waals surface area contributed by atoms with E-state index in [1.54, 1.807) is 5.38 Å². The van der Waals surface area contributed by atoms with Crippen molar-refractivity contribution in [2.45, 2.75) is 37.3 Å². The first-order chi connectivity index (χ1) is 18.4. The second-order valence-electron chi connectivity index (χ2n) is 9.16. The van der Waals surface area contributed by atoms with Crippen molar-refractivity contribution in [1.82, 2.24) is 20.1 Å². The number of hydrogen-bond acceptors (Lipinski definition) is 11. The number of aliphatic carboxylic acids is 1. The summed E-state index contributed by atoms with van der Waals surface area (Å²) in [5.41, 5.74) is 7.37. The Morgan fingerprint density at radius 1 is 1.32 bits per heavy atom. The quantitative estimate of drug-likeness (QED) is 0.172. The molecule has 14 heteroatoms. The number of pyridine rings is 1. The molecule has 200 valence electrons. The van der Waals surface area contributed by atoms with Gasteiger partial charge >= 0.3 is 0 Å². The van der Waals surface area contributed by atoms with Crippen molar-refractivity contribution in [3.8, 4) is 0 Å². The van der Waals surface area contributed by atoms with E-state index in [4.69, 9.17) is 10.6 Å². The number of oxime groups is 1. The van der Waals surface area contributed by atoms with Crippen LogP contribution in [-0.4, -0.2) is 75.6 Å². The summed E-state index contributed by atoms with van der Waals surface area (Å²) in [7, 11) is 1.29. The number of nitrogens with two attached hydrogens (primary N) is 1. The fourth-order valence-electron chi connectivity index (χ4n) is 4.81. The summed E-state index contributed by atoms with van der Waals surface area (Å²) < 4.78 is 1.89. The van der Waals surface area contributed by atoms with Crippen LogP contribution in [0.5, 0.6) is 0 Å². The molecule has 38 heavy (non-hydrogen) atoms. The van der Waals surface area contributed by atoms with E-state index in [9.17, 15) is 19.5 Å². The Hall–Kier alpha value is -3.49. The van der Waals surface area contributed by atoms with Crippen LogP contribution in [0.2, 0.25) is 0 Å². The molecule has 2 atom stereocenters. The number of likely N-dealkylation sites (tertiary alicyclic amines) is 1. The highest BCUT2D eigenvalue weighted by atomic mass is 32.2. The molecule has 0 spiro atoms. The van der Waals surface area contributed by atoms with Crippen LogP contribution in [0.1, 0.15) is 24.1 Å². The molecular weight excluding hydrogens is 530 g/mol. The number of amides is 2. The highest BCUT2D eigenvalue weighted by Crippen LogP contribution is 2.40. The zero-order valence-electron chi connectivity index (χ0n) is 20.7. The van der Waals surface area contributed by atoms with Crippen LogP contribution in [0.25, 0.3) is 0 Å². The van der Waals surface area contributed by atoms with Gasteiger partial charge in [-0.05, 0) is 31.5 Å². The van der Waals surface area contributed by atoms with Crippen molar-refractivity contribution in [3.05, 3.63) is 52.4 Å². The monoisotopic (exact) mass is 557 g/mol. The first-order valence-corrected chi connectivity index (χ1v) is 14.0. The third-order valence-corrected chi connectivity index (χ3v) is 8.64. The highest BCUT2D eigenvalue weighted by Gasteiger charge is 2.53. The molecule has 2 aromatic rings. The summed E-state index contributed by atoms with van der Waals surface area (Å²) in [6.45, 7) is 3.43. The normalized spacial score (nSPS) is 21.8. The van der Waals surface area contributed by atoms with Crippen LogP contribution in [0, 0.1) is 0 Å². The molecule has 5 rings (SSSR count). The van der Waals surface area contributed by atoms with Gasteiger partial charge in [0.25, 0.3) is 11.8 Å². The summed E-state index contributed by atoms with van der Waals surface area (Å²) >= 11 is 2.52. The van der Waals surface area contributed by atoms with Crippen molar-refractivity contribution in [3.63, 3.8) is 0 Å². The maximum Gasteiger partial charge on any atom is 0.276 e. The molecule has 0 radical (unpaired) electrons. The fraction of sp³-hybridized carbons (Fsp3) is 0.417. The number of β-lactam (4-membered cyclic amide) rings is 1. The lowest BCUT2D eigenvalue weighted by molar-refractivity contribution is -0.689. The maximum atomic E-state index is 13.0. The molecule has 0 aliphatic carbocycles. The van der Waals surface area contributed by atoms with E-state index >= 15 is 0 Å². The lowest BCUT2D eigenvalue weighted by atomic mass is 10.0. The van der Waals surface area contributed by atoms with Crippen LogP contribution < -0.4 is 20.7 Å². The SMILES string of the molecule is CON=C(C(=O)N[C@@H]1C(=O)N2C(C(=O)[O-])=C(C[n+]3ccc(CN4CCCC4)cc3)CS[C@@H]12)c1csc(N)n1. The lowest BCUT2D eigenvalue weighted by Gasteiger charge is -2.50. The molecular formula is C24H27N7O5S2. The predicted molar refractivity (Wildman–Crippen MR) is 138 cm³/mol. The molecule has 2 aromatic heterocycles. The minimum absolute atomic E-state index is 0.131. The summed E-state index contributed by atoms with van der Waals surface area (Å²) in [6.07, 6.45) is 6.30. The molecule has 0 aromatic carbocycles. The average Bonchev–Trinajstić information content (AvgIpc) is 3.58. The maximum absolute atomic E-state index is 13.0. The number of hydrogen-bond donors (Lipinski definition) is 2. The number of carbonyl (C=O) groups excluding carboxylic acids is 3. The third-order valence-electron chi connectivity index (χ3n) is 6.63. The summed E-state index contributed by atoms with van der Waals surface area (Å²) in [4.78, 5) is 50.5. The van der Waals surface area contributed by atoms with E-state index in [0.717, 1.165) is 31.0 Å². The van der Waals surface area contributed by atoms with Crippen LogP contribution in [0.3, 0.4) is 0 Å². The number of nitrogen functional groups attached to an aromatic ring is 1. The van der Waals surface area contributed by atoms with Crippen molar-refractivity contribution >= 4 is 51.7 Å². The van der Waals surface area contributed by atoms with Gasteiger partial charge in [0.1, 0.15) is 24.2 Å². The average molecular weight is 558 g/mol. The van der Waals surface area contributed by atoms with Crippen LogP contribution >= 0.6 is 23.1 Å². The number of rotatable bonds is 9. The number of carbonyl (C=O) groups is 3. The molecule has 12 nitrogen and oxygen atoms in total. The topological polar surface area (TPSA) is 157 Å². The van der Waals surface area contributed by atoms with Crippen LogP contribution in [-0.2, 0) is 32.3 Å². The Kier molecular flexibility index (Phi) is 7.63. The minimum Gasteiger partial charge on any atom is -0.543 e. The molecule has 3 N–H and O–H groups in total. The van der Waals surface area contributed by atoms with Gasteiger partial charge in [0.05, 0.1) is 11.7 Å². The van der Waals surface area contributed by atoms with Gasteiger partial charge in [-0.1, -0.05) is 5.16 Å². The number of nitrogens with one attached hydrogen (secondary N) is 1. The van der Waals surface area contributed by atoms with E-state index in [1.807, 2.05) is 29.1 Å². The van der Waals surface area contributed by atoms with E-state index in [0.29, 0.717) is 17.9 Å². The minimum atomic E-state index is -1.42. The Morgan fingerprint density at radius 3 is 2.68 bits per heavy atom. The predicted octanol–water partition coefficient (Wildman–Crippen LogP) is -0.937. The van der Waals surface area contributed by atoms with Gasteiger partial charge in [-0.25, -0.2) is 9.55 Å². The molecule has 3 aliphatic rings. The van der Waals surface area contributed by atoms with Gasteiger partial charge in [0.2, 0.25) is 0 Å². The van der Waals surface area contributed by atoms with Gasteiger partial charge in [0, 0.05) is 35.4 Å². The van der Waals surface area contributed by atoms with Gasteiger partial charge in [-0.2, -0.15) is 0 Å². The second kappa shape index (κ2) is 11.1. The van der Waals surface area contributed by atoms with E-state index in [1.165, 1.54) is 42.2 Å². The zero-order valence-corrected chi connectivity index (χ0v) is 22.3. The standard InChI is InChI=1S/C24H27N7O5S2/c1-36-28-17(16-13-38-24(25)26-16)20(32)27-18-21(33)31-19(23(34)35)15(12-37-22(18)31)11-30-8-4-14(5-9-30)10-29-6-2-3-7-29/h4-5,8-9,13,18,22H,2-3,6-7,10-12H2,1H3,(H3-,25,26,27,32,34,35)/t18-,22+/m1/s1. The molecule has 2 saturated heterocycles. The van der Waals surface area contributed by atoms with Gasteiger partial charge in [-0.3, -0.25) is 19.4 Å². The summed E-state index contributed by atoms with van der Waals surface area (Å²) in [5.74, 6) is -2.26. The van der Waals surface area contributed by atoms with Gasteiger partial charge in [-0.15, -0.1) is 23.1 Å². The molecule has 2 amide bonds. The largest absolute Gasteiger partial charge is 0.543 e. The Morgan fingerprint density at radius 2 is 2.05 bits per heavy atom. The smallest absolute Gasteiger partial charge is 0.276 e. The Balaban J connectivity index is 1.28. The number of anilines is 1. The summed E-state index contributed by atoms with van der Waals surface area (Å²) in [5, 5.41) is 19.7. The second-order valence-corrected chi connectivity index (χ2v) is 11.2. The third kappa shape index (κ3) is 5.24. The van der Waals surface area contributed by atoms with E-state index in [-0.39, 0.29) is 22.2 Å². The lowest BCUT2D eigenvalue weighted by Crippen LogP contribution is -2.71. The van der Waals surface area contributed by atoms with E-state index < -0.39 is 29.2 Å². The number of thioether (sulfide) groups is 1. The Labute approximate surface area is 227 Å². The van der Waals surface area contributed by atoms with Crippen molar-refractivity contribution < 1.29 is 28.9 Å². The number of carboxylic acid groups (broad SMARTS) is 1. The Bertz CT molecular complexity index is 1300. The molecule has 5 heterocycles.